The number of likely N-dealkylation sites (tertiary alicyclic amines) is 1. The van der Waals surface area contributed by atoms with Crippen molar-refractivity contribution in [2.45, 2.75) is 39.3 Å². The molecule has 1 aliphatic rings. The Morgan fingerprint density at radius 2 is 1.91 bits per heavy atom. The van der Waals surface area contributed by atoms with Gasteiger partial charge in [0.25, 0.3) is 5.91 Å². The molecule has 0 radical (unpaired) electrons. The van der Waals surface area contributed by atoms with Gasteiger partial charge in [0.15, 0.2) is 5.96 Å². The Morgan fingerprint density at radius 3 is 2.64 bits per heavy atom. The molecule has 1 heterocycles. The average molecular weight is 564 g/mol. The van der Waals surface area contributed by atoms with Crippen LogP contribution in [0.5, 0.6) is 0 Å². The van der Waals surface area contributed by atoms with E-state index in [4.69, 9.17) is 0 Å². The van der Waals surface area contributed by atoms with E-state index >= 15 is 0 Å². The third-order valence-electron chi connectivity index (χ3n) is 6.05. The topological polar surface area (TPSA) is 68.8 Å². The second kappa shape index (κ2) is 14.2. The lowest BCUT2D eigenvalue weighted by atomic mass is 9.99. The highest BCUT2D eigenvalue weighted by atomic mass is 127. The smallest absolute Gasteiger partial charge is 0.251 e. The molecular weight excluding hydrogens is 525 g/mol. The van der Waals surface area contributed by atoms with E-state index in [1.807, 2.05) is 24.3 Å². The summed E-state index contributed by atoms with van der Waals surface area (Å²) in [6.07, 6.45) is 3.46. The number of nitrogens with zero attached hydrogens (tertiary/aromatic N) is 2. The molecule has 1 unspecified atom stereocenters. The maximum absolute atomic E-state index is 11.8. The fraction of sp³-hybridized carbons (Fsp3) is 0.462. The Balaban J connectivity index is 0.00000385. The van der Waals surface area contributed by atoms with E-state index in [2.05, 4.69) is 57.0 Å². The van der Waals surface area contributed by atoms with Crippen LogP contribution in [0.4, 0.5) is 0 Å². The predicted molar refractivity (Wildman–Crippen MR) is 147 cm³/mol. The lowest BCUT2D eigenvalue weighted by molar-refractivity contribution is 0.0963. The van der Waals surface area contributed by atoms with E-state index < -0.39 is 0 Å². The summed E-state index contributed by atoms with van der Waals surface area (Å²) >= 11 is 0. The second-order valence-electron chi connectivity index (χ2n) is 8.63. The van der Waals surface area contributed by atoms with Crippen molar-refractivity contribution in [3.05, 3.63) is 70.8 Å². The van der Waals surface area contributed by atoms with E-state index in [-0.39, 0.29) is 29.9 Å². The summed E-state index contributed by atoms with van der Waals surface area (Å²) in [5.74, 6) is 1.51. The minimum atomic E-state index is -0.0602. The van der Waals surface area contributed by atoms with Crippen LogP contribution in [0, 0.1) is 5.92 Å². The van der Waals surface area contributed by atoms with E-state index in [0.717, 1.165) is 43.5 Å². The molecule has 0 aliphatic carbocycles. The number of piperidine rings is 1. The standard InChI is InChI=1S/C26H37N5O.HI/c1-20-8-7-15-31(18-20)19-24-11-5-4-10-23(24)17-30-26(28-3)29-14-13-21-9-6-12-22(16-21)25(32)27-2;/h4-6,9-12,16,20H,7-8,13-15,17-19H2,1-3H3,(H,27,32)(H2,28,29,30);1H. The highest BCUT2D eigenvalue weighted by molar-refractivity contribution is 14.0. The fourth-order valence-corrected chi connectivity index (χ4v) is 4.29. The monoisotopic (exact) mass is 563 g/mol. The molecule has 2 aromatic carbocycles. The molecule has 1 saturated heterocycles. The van der Waals surface area contributed by atoms with Gasteiger partial charge >= 0.3 is 0 Å². The number of guanidine groups is 1. The van der Waals surface area contributed by atoms with Crippen molar-refractivity contribution in [1.82, 2.24) is 20.9 Å². The van der Waals surface area contributed by atoms with Crippen molar-refractivity contribution in [2.24, 2.45) is 10.9 Å². The summed E-state index contributed by atoms with van der Waals surface area (Å²) in [7, 11) is 3.44. The lowest BCUT2D eigenvalue weighted by Gasteiger charge is -2.31. The molecule has 0 saturated carbocycles. The van der Waals surface area contributed by atoms with Gasteiger partial charge in [-0.15, -0.1) is 24.0 Å². The van der Waals surface area contributed by atoms with Gasteiger partial charge in [0.05, 0.1) is 0 Å². The Morgan fingerprint density at radius 1 is 1.12 bits per heavy atom. The minimum absolute atomic E-state index is 0. The van der Waals surface area contributed by atoms with Gasteiger partial charge in [0.1, 0.15) is 0 Å². The SMILES string of the molecule is CN=C(NCCc1cccc(C(=O)NC)c1)NCc1ccccc1CN1CCCC(C)C1.I. The van der Waals surface area contributed by atoms with Crippen LogP contribution < -0.4 is 16.0 Å². The van der Waals surface area contributed by atoms with Crippen LogP contribution >= 0.6 is 24.0 Å². The number of hydrogen-bond donors (Lipinski definition) is 3. The first-order valence-electron chi connectivity index (χ1n) is 11.6. The molecule has 6 nitrogen and oxygen atoms in total. The van der Waals surface area contributed by atoms with Gasteiger partial charge in [0.2, 0.25) is 0 Å². The summed E-state index contributed by atoms with van der Waals surface area (Å²) in [5, 5.41) is 9.51. The quantitative estimate of drug-likeness (QED) is 0.260. The molecule has 1 amide bonds. The molecule has 2 aromatic rings. The summed E-state index contributed by atoms with van der Waals surface area (Å²) in [4.78, 5) is 18.8. The molecule has 1 fully saturated rings. The maximum Gasteiger partial charge on any atom is 0.251 e. The molecule has 1 aliphatic heterocycles. The van der Waals surface area contributed by atoms with Crippen LogP contribution in [0.1, 0.15) is 46.8 Å². The molecule has 7 heteroatoms. The van der Waals surface area contributed by atoms with E-state index in [1.165, 1.54) is 37.1 Å². The van der Waals surface area contributed by atoms with Gasteiger partial charge in [-0.25, -0.2) is 0 Å². The van der Waals surface area contributed by atoms with Gasteiger partial charge in [-0.05, 0) is 60.5 Å². The fourth-order valence-electron chi connectivity index (χ4n) is 4.29. The highest BCUT2D eigenvalue weighted by Crippen LogP contribution is 2.19. The second-order valence-corrected chi connectivity index (χ2v) is 8.63. The highest BCUT2D eigenvalue weighted by Gasteiger charge is 2.17. The Hall–Kier alpha value is -2.13. The van der Waals surface area contributed by atoms with Crippen LogP contribution in [0.25, 0.3) is 0 Å². The van der Waals surface area contributed by atoms with Crippen molar-refractivity contribution in [3.63, 3.8) is 0 Å². The Kier molecular flexibility index (Phi) is 11.7. The summed E-state index contributed by atoms with van der Waals surface area (Å²) in [6.45, 7) is 7.22. The number of rotatable bonds is 8. The number of carbonyl (C=O) groups excluding carboxylic acids is 1. The minimum Gasteiger partial charge on any atom is -0.356 e. The number of halogens is 1. The summed E-state index contributed by atoms with van der Waals surface area (Å²) in [5.41, 5.74) is 4.50. The maximum atomic E-state index is 11.8. The average Bonchev–Trinajstić information content (AvgIpc) is 2.82. The molecule has 3 N–H and O–H groups in total. The first-order valence-corrected chi connectivity index (χ1v) is 11.6. The summed E-state index contributed by atoms with van der Waals surface area (Å²) < 4.78 is 0. The third-order valence-corrected chi connectivity index (χ3v) is 6.05. The number of hydrogen-bond acceptors (Lipinski definition) is 3. The molecule has 0 bridgehead atoms. The summed E-state index contributed by atoms with van der Waals surface area (Å²) in [6, 6.07) is 16.4. The van der Waals surface area contributed by atoms with E-state index in [9.17, 15) is 4.79 Å². The van der Waals surface area contributed by atoms with Crippen molar-refractivity contribution in [3.8, 4) is 0 Å². The normalized spacial score (nSPS) is 16.6. The third kappa shape index (κ3) is 8.62. The number of aliphatic imine (C=N–C) groups is 1. The van der Waals surface area contributed by atoms with Gasteiger partial charge in [-0.2, -0.15) is 0 Å². The van der Waals surface area contributed by atoms with Crippen LogP contribution in [0.2, 0.25) is 0 Å². The van der Waals surface area contributed by atoms with Crippen molar-refractivity contribution < 1.29 is 4.79 Å². The number of benzene rings is 2. The molecular formula is C26H38IN5O. The van der Waals surface area contributed by atoms with Crippen molar-refractivity contribution >= 4 is 35.8 Å². The number of amides is 1. The number of nitrogens with one attached hydrogen (secondary N) is 3. The zero-order chi connectivity index (χ0) is 22.8. The van der Waals surface area contributed by atoms with Crippen molar-refractivity contribution in [1.29, 1.82) is 0 Å². The molecule has 33 heavy (non-hydrogen) atoms. The first-order chi connectivity index (χ1) is 15.6. The zero-order valence-electron chi connectivity index (χ0n) is 20.1. The van der Waals surface area contributed by atoms with Gasteiger partial charge < -0.3 is 16.0 Å². The number of carbonyl (C=O) groups is 1. The Bertz CT molecular complexity index is 917. The molecule has 180 valence electrons. The molecule has 3 rings (SSSR count). The van der Waals surface area contributed by atoms with Gasteiger partial charge in [-0.3, -0.25) is 14.7 Å². The van der Waals surface area contributed by atoms with E-state index in [0.29, 0.717) is 5.56 Å². The van der Waals surface area contributed by atoms with Gasteiger partial charge in [-0.1, -0.05) is 43.3 Å². The largest absolute Gasteiger partial charge is 0.356 e. The van der Waals surface area contributed by atoms with Crippen LogP contribution in [0.3, 0.4) is 0 Å². The molecule has 1 atom stereocenters. The first kappa shape index (κ1) is 27.1. The van der Waals surface area contributed by atoms with Gasteiger partial charge in [0, 0.05) is 45.8 Å². The van der Waals surface area contributed by atoms with E-state index in [1.54, 1.807) is 14.1 Å². The molecule has 0 spiro atoms. The zero-order valence-corrected chi connectivity index (χ0v) is 22.4. The predicted octanol–water partition coefficient (Wildman–Crippen LogP) is 3.80. The Labute approximate surface area is 215 Å². The lowest BCUT2D eigenvalue weighted by Crippen LogP contribution is -2.38. The van der Waals surface area contributed by atoms with Crippen LogP contribution in [-0.4, -0.2) is 50.5 Å². The van der Waals surface area contributed by atoms with Crippen LogP contribution in [0.15, 0.2) is 53.5 Å². The van der Waals surface area contributed by atoms with Crippen molar-refractivity contribution in [2.75, 3.05) is 33.7 Å². The molecule has 0 aromatic heterocycles. The van der Waals surface area contributed by atoms with Crippen LogP contribution in [-0.2, 0) is 19.5 Å².